The van der Waals surface area contributed by atoms with E-state index >= 15 is 0 Å². The summed E-state index contributed by atoms with van der Waals surface area (Å²) >= 11 is 0. The third kappa shape index (κ3) is 1.64. The van der Waals surface area contributed by atoms with Crippen LogP contribution in [0, 0.1) is 0 Å². The van der Waals surface area contributed by atoms with Gasteiger partial charge in [-0.25, -0.2) is 0 Å². The summed E-state index contributed by atoms with van der Waals surface area (Å²) in [5, 5.41) is 1.06. The summed E-state index contributed by atoms with van der Waals surface area (Å²) in [6.45, 7) is 0. The average Bonchev–Trinajstić information content (AvgIpc) is 2.87. The van der Waals surface area contributed by atoms with Crippen molar-refractivity contribution in [2.24, 2.45) is 5.73 Å². The van der Waals surface area contributed by atoms with Gasteiger partial charge in [-0.2, -0.15) is 0 Å². The van der Waals surface area contributed by atoms with Crippen molar-refractivity contribution in [1.82, 2.24) is 9.97 Å². The van der Waals surface area contributed by atoms with Gasteiger partial charge in [-0.3, -0.25) is 9.78 Å². The van der Waals surface area contributed by atoms with Crippen LogP contribution in [0.3, 0.4) is 0 Å². The molecule has 88 valence electrons. The molecule has 4 nitrogen and oxygen atoms in total. The quantitative estimate of drug-likeness (QED) is 0.718. The molecule has 0 atom stereocenters. The predicted molar refractivity (Wildman–Crippen MR) is 70.0 cm³/mol. The smallest absolute Gasteiger partial charge is 0.248 e. The van der Waals surface area contributed by atoms with E-state index in [0.717, 1.165) is 22.2 Å². The summed E-state index contributed by atoms with van der Waals surface area (Å²) in [7, 11) is 0. The first kappa shape index (κ1) is 10.5. The number of nitrogens with one attached hydrogen (secondary N) is 1. The van der Waals surface area contributed by atoms with Crippen LogP contribution < -0.4 is 5.73 Å². The van der Waals surface area contributed by atoms with Gasteiger partial charge in [0, 0.05) is 34.4 Å². The van der Waals surface area contributed by atoms with Crippen LogP contribution in [-0.4, -0.2) is 15.9 Å². The Hall–Kier alpha value is -2.62. The second-order valence-electron chi connectivity index (χ2n) is 4.04. The first-order valence-corrected chi connectivity index (χ1v) is 5.58. The van der Waals surface area contributed by atoms with Crippen molar-refractivity contribution in [2.75, 3.05) is 0 Å². The van der Waals surface area contributed by atoms with Crippen molar-refractivity contribution in [1.29, 1.82) is 0 Å². The van der Waals surface area contributed by atoms with E-state index in [4.69, 9.17) is 5.73 Å². The van der Waals surface area contributed by atoms with Crippen molar-refractivity contribution in [3.63, 3.8) is 0 Å². The van der Waals surface area contributed by atoms with Crippen LogP contribution in [0.4, 0.5) is 0 Å². The Labute approximate surface area is 103 Å². The van der Waals surface area contributed by atoms with Gasteiger partial charge in [0.25, 0.3) is 0 Å². The maximum atomic E-state index is 11.0. The lowest BCUT2D eigenvalue weighted by Gasteiger charge is -2.03. The van der Waals surface area contributed by atoms with Crippen LogP contribution in [0.1, 0.15) is 10.4 Å². The number of amides is 1. The molecule has 0 bridgehead atoms. The fourth-order valence-electron chi connectivity index (χ4n) is 2.00. The molecular formula is C14H11N3O. The normalized spacial score (nSPS) is 10.7. The maximum absolute atomic E-state index is 11.0. The zero-order chi connectivity index (χ0) is 12.5. The number of nitrogens with zero attached hydrogens (tertiary/aromatic N) is 1. The molecule has 18 heavy (non-hydrogen) atoms. The monoisotopic (exact) mass is 237 g/mol. The van der Waals surface area contributed by atoms with Crippen LogP contribution in [0.15, 0.2) is 48.8 Å². The van der Waals surface area contributed by atoms with Crippen molar-refractivity contribution in [3.05, 3.63) is 54.4 Å². The minimum absolute atomic E-state index is 0.422. The molecule has 0 fully saturated rings. The van der Waals surface area contributed by atoms with E-state index < -0.39 is 5.91 Å². The lowest BCUT2D eigenvalue weighted by atomic mass is 10.1. The molecule has 0 unspecified atom stereocenters. The molecule has 1 amide bonds. The van der Waals surface area contributed by atoms with E-state index in [0.29, 0.717) is 5.56 Å². The van der Waals surface area contributed by atoms with Crippen molar-refractivity contribution >= 4 is 16.8 Å². The predicted octanol–water partition coefficient (Wildman–Crippen LogP) is 2.33. The number of benzene rings is 1. The van der Waals surface area contributed by atoms with Crippen molar-refractivity contribution < 1.29 is 4.79 Å². The number of H-pyrrole nitrogens is 1. The molecule has 0 aliphatic rings. The summed E-state index contributed by atoms with van der Waals surface area (Å²) in [6, 6.07) is 11.1. The highest BCUT2D eigenvalue weighted by molar-refractivity contribution is 5.95. The van der Waals surface area contributed by atoms with E-state index in [2.05, 4.69) is 9.97 Å². The lowest BCUT2D eigenvalue weighted by Crippen LogP contribution is -2.10. The SMILES string of the molecule is NC(=O)c1ccc(-c2nccc3[nH]ccc23)cc1. The topological polar surface area (TPSA) is 71.8 Å². The minimum Gasteiger partial charge on any atom is -0.366 e. The number of fused-ring (bicyclic) bond motifs is 1. The molecule has 1 aromatic carbocycles. The number of primary amides is 1. The molecular weight excluding hydrogens is 226 g/mol. The molecule has 0 aliphatic heterocycles. The summed E-state index contributed by atoms with van der Waals surface area (Å²) in [4.78, 5) is 18.6. The van der Waals surface area contributed by atoms with Crippen LogP contribution >= 0.6 is 0 Å². The van der Waals surface area contributed by atoms with E-state index in [1.165, 1.54) is 0 Å². The number of hydrogen-bond donors (Lipinski definition) is 2. The van der Waals surface area contributed by atoms with E-state index in [9.17, 15) is 4.79 Å². The third-order valence-electron chi connectivity index (χ3n) is 2.92. The molecule has 4 heteroatoms. The molecule has 0 spiro atoms. The molecule has 0 saturated carbocycles. The standard InChI is InChI=1S/C14H11N3O/c15-14(18)10-3-1-9(2-4-10)13-11-5-7-16-12(11)6-8-17-13/h1-8,16H,(H2,15,18). The number of pyridine rings is 1. The Bertz CT molecular complexity index is 713. The molecule has 0 aliphatic carbocycles. The third-order valence-corrected chi connectivity index (χ3v) is 2.92. The van der Waals surface area contributed by atoms with Gasteiger partial charge in [0.2, 0.25) is 5.91 Å². The van der Waals surface area contributed by atoms with Crippen LogP contribution in [-0.2, 0) is 0 Å². The number of hydrogen-bond acceptors (Lipinski definition) is 2. The second kappa shape index (κ2) is 4.00. The van der Waals surface area contributed by atoms with Crippen LogP contribution in [0.25, 0.3) is 22.2 Å². The Kier molecular flexibility index (Phi) is 2.34. The highest BCUT2D eigenvalue weighted by Gasteiger charge is 2.06. The number of aromatic nitrogens is 2. The number of aromatic amines is 1. The fraction of sp³-hybridized carbons (Fsp3) is 0. The molecule has 3 N–H and O–H groups in total. The van der Waals surface area contributed by atoms with Crippen molar-refractivity contribution in [3.8, 4) is 11.3 Å². The first-order valence-electron chi connectivity index (χ1n) is 5.58. The summed E-state index contributed by atoms with van der Waals surface area (Å²) in [6.07, 6.45) is 3.64. The Morgan fingerprint density at radius 3 is 2.61 bits per heavy atom. The van der Waals surface area contributed by atoms with Crippen molar-refractivity contribution in [2.45, 2.75) is 0 Å². The Morgan fingerprint density at radius 1 is 1.11 bits per heavy atom. The summed E-state index contributed by atoms with van der Waals surface area (Å²) < 4.78 is 0. The fourth-order valence-corrected chi connectivity index (χ4v) is 2.00. The van der Waals surface area contributed by atoms with E-state index in [1.54, 1.807) is 18.3 Å². The molecule has 2 aromatic heterocycles. The lowest BCUT2D eigenvalue weighted by molar-refractivity contribution is 0.100. The number of rotatable bonds is 2. The van der Waals surface area contributed by atoms with Crippen LogP contribution in [0.2, 0.25) is 0 Å². The van der Waals surface area contributed by atoms with Gasteiger partial charge in [0.1, 0.15) is 0 Å². The van der Waals surface area contributed by atoms with Gasteiger partial charge in [0.15, 0.2) is 0 Å². The van der Waals surface area contributed by atoms with Gasteiger partial charge >= 0.3 is 0 Å². The summed E-state index contributed by atoms with van der Waals surface area (Å²) in [5.41, 5.74) is 8.61. The number of carbonyl (C=O) groups is 1. The minimum atomic E-state index is -0.422. The molecule has 0 radical (unpaired) electrons. The van der Waals surface area contributed by atoms with Gasteiger partial charge in [-0.1, -0.05) is 12.1 Å². The highest BCUT2D eigenvalue weighted by Crippen LogP contribution is 2.25. The Balaban J connectivity index is 2.14. The van der Waals surface area contributed by atoms with Gasteiger partial charge in [0.05, 0.1) is 5.69 Å². The number of nitrogens with two attached hydrogens (primary N) is 1. The average molecular weight is 237 g/mol. The molecule has 2 heterocycles. The maximum Gasteiger partial charge on any atom is 0.248 e. The molecule has 3 aromatic rings. The van der Waals surface area contributed by atoms with E-state index in [1.807, 2.05) is 30.5 Å². The molecule has 0 saturated heterocycles. The van der Waals surface area contributed by atoms with Gasteiger partial charge in [-0.15, -0.1) is 0 Å². The summed E-state index contributed by atoms with van der Waals surface area (Å²) in [5.74, 6) is -0.422. The zero-order valence-corrected chi connectivity index (χ0v) is 9.55. The van der Waals surface area contributed by atoms with Gasteiger partial charge in [-0.05, 0) is 24.3 Å². The second-order valence-corrected chi connectivity index (χ2v) is 4.04. The largest absolute Gasteiger partial charge is 0.366 e. The first-order chi connectivity index (χ1) is 8.75. The van der Waals surface area contributed by atoms with Crippen LogP contribution in [0.5, 0.6) is 0 Å². The Morgan fingerprint density at radius 2 is 1.89 bits per heavy atom. The number of carbonyl (C=O) groups excluding carboxylic acids is 1. The molecule has 3 rings (SSSR count). The highest BCUT2D eigenvalue weighted by atomic mass is 16.1. The zero-order valence-electron chi connectivity index (χ0n) is 9.55. The van der Waals surface area contributed by atoms with E-state index in [-0.39, 0.29) is 0 Å². The van der Waals surface area contributed by atoms with Gasteiger partial charge < -0.3 is 10.7 Å².